The quantitative estimate of drug-likeness (QED) is 0.608. The molecule has 0 atom stereocenters. The fourth-order valence-electron chi connectivity index (χ4n) is 2.28. The number of rotatable bonds is 7. The third kappa shape index (κ3) is 4.84. The first-order chi connectivity index (χ1) is 12.7. The molecule has 0 saturated heterocycles. The Kier molecular flexibility index (Phi) is 6.26. The molecule has 3 rings (SSSR count). The maximum atomic E-state index is 11.9. The predicted octanol–water partition coefficient (Wildman–Crippen LogP) is 5.18. The monoisotopic (exact) mass is 386 g/mol. The summed E-state index contributed by atoms with van der Waals surface area (Å²) in [6.45, 7) is 3.16. The molecule has 2 aromatic carbocycles. The molecule has 6 heteroatoms. The number of halogens is 1. The van der Waals surface area contributed by atoms with Gasteiger partial charge in [-0.2, -0.15) is 0 Å². The minimum atomic E-state index is -0.128. The van der Waals surface area contributed by atoms with Crippen LogP contribution in [0.15, 0.2) is 53.9 Å². The van der Waals surface area contributed by atoms with E-state index in [1.165, 1.54) is 11.3 Å². The van der Waals surface area contributed by atoms with E-state index >= 15 is 0 Å². The number of benzene rings is 2. The smallest absolute Gasteiger partial charge is 0.270 e. The number of carbonyl (C=O) groups is 1. The SMILES string of the molecule is CCCNC(=O)c1csc(-c2ccc(OCc3ccc(Cl)cc3)cc2)n1. The van der Waals surface area contributed by atoms with Crippen LogP contribution in [-0.4, -0.2) is 17.4 Å². The van der Waals surface area contributed by atoms with Crippen molar-refractivity contribution in [2.24, 2.45) is 0 Å². The summed E-state index contributed by atoms with van der Waals surface area (Å²) in [5, 5.41) is 6.15. The van der Waals surface area contributed by atoms with Crippen molar-refractivity contribution < 1.29 is 9.53 Å². The average Bonchev–Trinajstić information content (AvgIpc) is 3.16. The standard InChI is InChI=1S/C20H19ClN2O2S/c1-2-11-22-19(24)18-13-26-20(23-18)15-5-9-17(10-6-15)25-12-14-3-7-16(21)8-4-14/h3-10,13H,2,11-12H2,1H3,(H,22,24). The Bertz CT molecular complexity index is 860. The van der Waals surface area contributed by atoms with E-state index in [1.807, 2.05) is 55.5 Å². The van der Waals surface area contributed by atoms with Gasteiger partial charge in [0.15, 0.2) is 0 Å². The van der Waals surface area contributed by atoms with E-state index in [1.54, 1.807) is 5.38 Å². The number of amides is 1. The van der Waals surface area contributed by atoms with Crippen molar-refractivity contribution in [2.45, 2.75) is 20.0 Å². The molecule has 0 aliphatic carbocycles. The molecule has 4 nitrogen and oxygen atoms in total. The molecule has 3 aromatic rings. The lowest BCUT2D eigenvalue weighted by molar-refractivity contribution is 0.0949. The maximum absolute atomic E-state index is 11.9. The topological polar surface area (TPSA) is 51.2 Å². The molecule has 0 unspecified atom stereocenters. The van der Waals surface area contributed by atoms with Crippen molar-refractivity contribution in [3.8, 4) is 16.3 Å². The van der Waals surface area contributed by atoms with Crippen molar-refractivity contribution in [2.75, 3.05) is 6.54 Å². The Hall–Kier alpha value is -2.37. The van der Waals surface area contributed by atoms with Gasteiger partial charge < -0.3 is 10.1 Å². The van der Waals surface area contributed by atoms with Crippen molar-refractivity contribution in [3.63, 3.8) is 0 Å². The normalized spacial score (nSPS) is 10.5. The molecule has 0 spiro atoms. The van der Waals surface area contributed by atoms with E-state index in [2.05, 4.69) is 10.3 Å². The molecule has 134 valence electrons. The summed E-state index contributed by atoms with van der Waals surface area (Å²) in [5.41, 5.74) is 2.48. The number of thiazole rings is 1. The first kappa shape index (κ1) is 18.4. The highest BCUT2D eigenvalue weighted by Gasteiger charge is 2.11. The Morgan fingerprint density at radius 3 is 2.58 bits per heavy atom. The molecule has 0 radical (unpaired) electrons. The minimum absolute atomic E-state index is 0.128. The number of aromatic nitrogens is 1. The predicted molar refractivity (Wildman–Crippen MR) is 106 cm³/mol. The van der Waals surface area contributed by atoms with Gasteiger partial charge in [0.25, 0.3) is 5.91 Å². The van der Waals surface area contributed by atoms with E-state index in [0.717, 1.165) is 28.3 Å². The van der Waals surface area contributed by atoms with Crippen LogP contribution in [0.25, 0.3) is 10.6 Å². The van der Waals surface area contributed by atoms with Crippen molar-refractivity contribution in [1.29, 1.82) is 0 Å². The van der Waals surface area contributed by atoms with Crippen LogP contribution in [0.1, 0.15) is 29.4 Å². The summed E-state index contributed by atoms with van der Waals surface area (Å²) >= 11 is 7.34. The van der Waals surface area contributed by atoms with Crippen molar-refractivity contribution >= 4 is 28.8 Å². The lowest BCUT2D eigenvalue weighted by Gasteiger charge is -2.07. The van der Waals surface area contributed by atoms with E-state index in [4.69, 9.17) is 16.3 Å². The van der Waals surface area contributed by atoms with Crippen LogP contribution in [-0.2, 0) is 6.61 Å². The molecular formula is C20H19ClN2O2S. The number of ether oxygens (including phenoxy) is 1. The second kappa shape index (κ2) is 8.83. The summed E-state index contributed by atoms with van der Waals surface area (Å²) in [4.78, 5) is 16.4. The highest BCUT2D eigenvalue weighted by Crippen LogP contribution is 2.26. The summed E-state index contributed by atoms with van der Waals surface area (Å²) in [7, 11) is 0. The summed E-state index contributed by atoms with van der Waals surface area (Å²) in [6.07, 6.45) is 0.903. The number of nitrogens with one attached hydrogen (secondary N) is 1. The zero-order valence-corrected chi connectivity index (χ0v) is 15.9. The van der Waals surface area contributed by atoms with E-state index in [9.17, 15) is 4.79 Å². The fraction of sp³-hybridized carbons (Fsp3) is 0.200. The van der Waals surface area contributed by atoms with Gasteiger partial charge in [-0.25, -0.2) is 4.98 Å². The summed E-state index contributed by atoms with van der Waals surface area (Å²) < 4.78 is 5.79. The lowest BCUT2D eigenvalue weighted by atomic mass is 10.2. The first-order valence-electron chi connectivity index (χ1n) is 8.37. The van der Waals surface area contributed by atoms with Crippen molar-refractivity contribution in [1.82, 2.24) is 10.3 Å². The van der Waals surface area contributed by atoms with Crippen LogP contribution in [0, 0.1) is 0 Å². The van der Waals surface area contributed by atoms with Gasteiger partial charge in [0.05, 0.1) is 0 Å². The van der Waals surface area contributed by atoms with Gasteiger partial charge in [-0.05, 0) is 48.4 Å². The van der Waals surface area contributed by atoms with Crippen LogP contribution in [0.3, 0.4) is 0 Å². The summed E-state index contributed by atoms with van der Waals surface area (Å²) in [5.74, 6) is 0.651. The molecule has 0 aliphatic heterocycles. The Labute approximate surface area is 161 Å². The summed E-state index contributed by atoms with van der Waals surface area (Å²) in [6, 6.07) is 15.3. The number of carbonyl (C=O) groups excluding carboxylic acids is 1. The second-order valence-electron chi connectivity index (χ2n) is 5.73. The molecule has 1 aromatic heterocycles. The molecule has 0 aliphatic rings. The number of nitrogens with zero attached hydrogens (tertiary/aromatic N) is 1. The van der Waals surface area contributed by atoms with Gasteiger partial charge in [0, 0.05) is 22.5 Å². The molecule has 1 heterocycles. The largest absolute Gasteiger partial charge is 0.489 e. The Morgan fingerprint density at radius 1 is 1.15 bits per heavy atom. The van der Waals surface area contributed by atoms with Gasteiger partial charge in [0.1, 0.15) is 23.1 Å². The first-order valence-corrected chi connectivity index (χ1v) is 9.63. The minimum Gasteiger partial charge on any atom is -0.489 e. The highest BCUT2D eigenvalue weighted by atomic mass is 35.5. The van der Waals surface area contributed by atoms with Crippen LogP contribution in [0.5, 0.6) is 5.75 Å². The van der Waals surface area contributed by atoms with Crippen LogP contribution < -0.4 is 10.1 Å². The molecular weight excluding hydrogens is 368 g/mol. The van der Waals surface area contributed by atoms with Gasteiger partial charge in [-0.1, -0.05) is 30.7 Å². The molecule has 1 amide bonds. The van der Waals surface area contributed by atoms with Crippen LogP contribution in [0.4, 0.5) is 0 Å². The zero-order valence-electron chi connectivity index (χ0n) is 14.4. The molecule has 26 heavy (non-hydrogen) atoms. The zero-order chi connectivity index (χ0) is 18.4. The fourth-order valence-corrected chi connectivity index (χ4v) is 3.21. The number of hydrogen-bond donors (Lipinski definition) is 1. The van der Waals surface area contributed by atoms with E-state index < -0.39 is 0 Å². The molecule has 0 fully saturated rings. The Morgan fingerprint density at radius 2 is 1.88 bits per heavy atom. The highest BCUT2D eigenvalue weighted by molar-refractivity contribution is 7.13. The van der Waals surface area contributed by atoms with Gasteiger partial charge >= 0.3 is 0 Å². The maximum Gasteiger partial charge on any atom is 0.270 e. The van der Waals surface area contributed by atoms with Crippen LogP contribution >= 0.6 is 22.9 Å². The third-order valence-electron chi connectivity index (χ3n) is 3.69. The van der Waals surface area contributed by atoms with E-state index in [0.29, 0.717) is 23.9 Å². The molecule has 0 saturated carbocycles. The second-order valence-corrected chi connectivity index (χ2v) is 7.03. The van der Waals surface area contributed by atoms with Crippen LogP contribution in [0.2, 0.25) is 5.02 Å². The third-order valence-corrected chi connectivity index (χ3v) is 4.84. The van der Waals surface area contributed by atoms with Gasteiger partial charge in [-0.3, -0.25) is 4.79 Å². The van der Waals surface area contributed by atoms with E-state index in [-0.39, 0.29) is 5.91 Å². The molecule has 0 bridgehead atoms. The van der Waals surface area contributed by atoms with Gasteiger partial charge in [-0.15, -0.1) is 11.3 Å². The lowest BCUT2D eigenvalue weighted by Crippen LogP contribution is -2.24. The number of hydrogen-bond acceptors (Lipinski definition) is 4. The average molecular weight is 387 g/mol. The van der Waals surface area contributed by atoms with Crippen molar-refractivity contribution in [3.05, 3.63) is 70.2 Å². The molecule has 1 N–H and O–H groups in total. The Balaban J connectivity index is 1.61. The van der Waals surface area contributed by atoms with Gasteiger partial charge in [0.2, 0.25) is 0 Å².